The molecule has 92 valence electrons. The molecule has 0 bridgehead atoms. The summed E-state index contributed by atoms with van der Waals surface area (Å²) in [5.41, 5.74) is 1.09. The highest BCUT2D eigenvalue weighted by atomic mass is 15.2. The summed E-state index contributed by atoms with van der Waals surface area (Å²) in [6, 6.07) is 0.436. The van der Waals surface area contributed by atoms with Crippen LogP contribution in [0.1, 0.15) is 46.2 Å². The molecule has 0 spiro atoms. The molecule has 0 amide bonds. The third-order valence-electron chi connectivity index (χ3n) is 2.50. The molecule has 0 unspecified atom stereocenters. The number of nitrogens with one attached hydrogen (secondary N) is 1. The van der Waals surface area contributed by atoms with Crippen LogP contribution in [-0.2, 0) is 6.54 Å². The molecule has 1 aromatic heterocycles. The van der Waals surface area contributed by atoms with Crippen LogP contribution in [0.4, 0.5) is 5.95 Å². The number of hydrogen-bond acceptors (Lipinski definition) is 2. The van der Waals surface area contributed by atoms with Crippen LogP contribution in [0, 0.1) is 12.8 Å². The summed E-state index contributed by atoms with van der Waals surface area (Å²) in [6.45, 7) is 11.9. The molecular formula is C13H25N3. The molecule has 1 aromatic rings. The van der Waals surface area contributed by atoms with Gasteiger partial charge in [0.05, 0.1) is 5.69 Å². The van der Waals surface area contributed by atoms with Crippen LogP contribution in [0.5, 0.6) is 0 Å². The number of aryl methyl sites for hydroxylation is 2. The summed E-state index contributed by atoms with van der Waals surface area (Å²) < 4.78 is 2.23. The highest BCUT2D eigenvalue weighted by Crippen LogP contribution is 2.12. The predicted octanol–water partition coefficient (Wildman–Crippen LogP) is 3.45. The van der Waals surface area contributed by atoms with Crippen molar-refractivity contribution in [2.75, 3.05) is 5.32 Å². The van der Waals surface area contributed by atoms with Crippen LogP contribution in [0.2, 0.25) is 0 Å². The average Bonchev–Trinajstić information content (AvgIpc) is 2.44. The maximum Gasteiger partial charge on any atom is 0.203 e. The van der Waals surface area contributed by atoms with Crippen molar-refractivity contribution in [3.05, 3.63) is 11.9 Å². The van der Waals surface area contributed by atoms with E-state index in [2.05, 4.69) is 48.8 Å². The minimum Gasteiger partial charge on any atom is -0.353 e. The van der Waals surface area contributed by atoms with Gasteiger partial charge in [-0.15, -0.1) is 0 Å². The SMILES string of the molecule is Cc1cn(CCCC(C)C)c(NC(C)C)n1. The Morgan fingerprint density at radius 2 is 2.00 bits per heavy atom. The van der Waals surface area contributed by atoms with E-state index in [4.69, 9.17) is 0 Å². The third kappa shape index (κ3) is 4.25. The predicted molar refractivity (Wildman–Crippen MR) is 69.8 cm³/mol. The van der Waals surface area contributed by atoms with Gasteiger partial charge >= 0.3 is 0 Å². The van der Waals surface area contributed by atoms with Gasteiger partial charge in [0.1, 0.15) is 0 Å². The van der Waals surface area contributed by atoms with Crippen LogP contribution in [0.3, 0.4) is 0 Å². The van der Waals surface area contributed by atoms with Crippen molar-refractivity contribution < 1.29 is 0 Å². The van der Waals surface area contributed by atoms with Crippen molar-refractivity contribution in [1.82, 2.24) is 9.55 Å². The Morgan fingerprint density at radius 3 is 2.56 bits per heavy atom. The molecule has 1 heterocycles. The quantitative estimate of drug-likeness (QED) is 0.800. The first-order valence-corrected chi connectivity index (χ1v) is 6.29. The maximum atomic E-state index is 4.50. The number of hydrogen-bond donors (Lipinski definition) is 1. The zero-order valence-corrected chi connectivity index (χ0v) is 11.2. The minimum absolute atomic E-state index is 0.436. The number of imidazole rings is 1. The lowest BCUT2D eigenvalue weighted by Crippen LogP contribution is -2.14. The van der Waals surface area contributed by atoms with Crippen molar-refractivity contribution in [2.24, 2.45) is 5.92 Å². The number of rotatable bonds is 6. The molecule has 0 saturated heterocycles. The zero-order valence-electron chi connectivity index (χ0n) is 11.2. The first-order valence-electron chi connectivity index (χ1n) is 6.29. The van der Waals surface area contributed by atoms with Crippen LogP contribution in [0.25, 0.3) is 0 Å². The largest absolute Gasteiger partial charge is 0.353 e. The van der Waals surface area contributed by atoms with E-state index in [0.29, 0.717) is 6.04 Å². The first kappa shape index (κ1) is 13.1. The minimum atomic E-state index is 0.436. The van der Waals surface area contributed by atoms with E-state index in [1.807, 2.05) is 6.92 Å². The van der Waals surface area contributed by atoms with Crippen LogP contribution in [-0.4, -0.2) is 15.6 Å². The van der Waals surface area contributed by atoms with Crippen molar-refractivity contribution in [2.45, 2.75) is 60.0 Å². The fraction of sp³-hybridized carbons (Fsp3) is 0.769. The molecule has 3 nitrogen and oxygen atoms in total. The molecule has 1 rings (SSSR count). The summed E-state index contributed by atoms with van der Waals surface area (Å²) in [5.74, 6) is 1.79. The second kappa shape index (κ2) is 5.92. The summed E-state index contributed by atoms with van der Waals surface area (Å²) in [7, 11) is 0. The molecule has 3 heteroatoms. The van der Waals surface area contributed by atoms with E-state index >= 15 is 0 Å². The molecule has 0 fully saturated rings. The average molecular weight is 223 g/mol. The van der Waals surface area contributed by atoms with Gasteiger partial charge in [-0.3, -0.25) is 0 Å². The van der Waals surface area contributed by atoms with Gasteiger partial charge in [-0.2, -0.15) is 0 Å². The lowest BCUT2D eigenvalue weighted by molar-refractivity contribution is 0.513. The smallest absolute Gasteiger partial charge is 0.203 e. The number of nitrogens with zero attached hydrogens (tertiary/aromatic N) is 2. The van der Waals surface area contributed by atoms with Crippen molar-refractivity contribution >= 4 is 5.95 Å². The summed E-state index contributed by atoms with van der Waals surface area (Å²) in [4.78, 5) is 4.50. The first-order chi connectivity index (χ1) is 7.49. The van der Waals surface area contributed by atoms with E-state index in [1.165, 1.54) is 12.8 Å². The van der Waals surface area contributed by atoms with Gasteiger partial charge in [0.2, 0.25) is 5.95 Å². The van der Waals surface area contributed by atoms with Crippen LogP contribution in [0.15, 0.2) is 6.20 Å². The summed E-state index contributed by atoms with van der Waals surface area (Å²) in [6.07, 6.45) is 4.63. The van der Waals surface area contributed by atoms with E-state index in [1.54, 1.807) is 0 Å². The lowest BCUT2D eigenvalue weighted by Gasteiger charge is -2.12. The second-order valence-corrected chi connectivity index (χ2v) is 5.23. The summed E-state index contributed by atoms with van der Waals surface area (Å²) >= 11 is 0. The van der Waals surface area contributed by atoms with Crippen LogP contribution >= 0.6 is 0 Å². The van der Waals surface area contributed by atoms with Crippen molar-refractivity contribution in [3.63, 3.8) is 0 Å². The Balaban J connectivity index is 2.56. The van der Waals surface area contributed by atoms with Crippen molar-refractivity contribution in [1.29, 1.82) is 0 Å². The van der Waals surface area contributed by atoms with Gasteiger partial charge in [-0.1, -0.05) is 13.8 Å². The van der Waals surface area contributed by atoms with E-state index < -0.39 is 0 Å². The van der Waals surface area contributed by atoms with E-state index in [-0.39, 0.29) is 0 Å². The van der Waals surface area contributed by atoms with Gasteiger partial charge in [-0.25, -0.2) is 4.98 Å². The molecule has 0 aliphatic carbocycles. The number of aromatic nitrogens is 2. The monoisotopic (exact) mass is 223 g/mol. The van der Waals surface area contributed by atoms with Gasteiger partial charge in [0, 0.05) is 18.8 Å². The van der Waals surface area contributed by atoms with Gasteiger partial charge < -0.3 is 9.88 Å². The maximum absolute atomic E-state index is 4.50. The topological polar surface area (TPSA) is 29.9 Å². The second-order valence-electron chi connectivity index (χ2n) is 5.23. The molecule has 0 aromatic carbocycles. The highest BCUT2D eigenvalue weighted by Gasteiger charge is 2.06. The zero-order chi connectivity index (χ0) is 12.1. The molecule has 0 atom stereocenters. The normalized spacial score (nSPS) is 11.4. The Bertz CT molecular complexity index is 313. The summed E-state index contributed by atoms with van der Waals surface area (Å²) in [5, 5.41) is 3.38. The van der Waals surface area contributed by atoms with E-state index in [9.17, 15) is 0 Å². The lowest BCUT2D eigenvalue weighted by atomic mass is 10.1. The van der Waals surface area contributed by atoms with Crippen LogP contribution < -0.4 is 5.32 Å². The van der Waals surface area contributed by atoms with E-state index in [0.717, 1.165) is 24.1 Å². The Labute approximate surface area is 99.3 Å². The number of anilines is 1. The third-order valence-corrected chi connectivity index (χ3v) is 2.50. The molecular weight excluding hydrogens is 198 g/mol. The molecule has 0 radical (unpaired) electrons. The molecule has 0 saturated carbocycles. The molecule has 1 N–H and O–H groups in total. The Hall–Kier alpha value is -0.990. The molecule has 0 aliphatic heterocycles. The standard InChI is InChI=1S/C13H25N3/c1-10(2)7-6-8-16-9-12(5)15-13(16)14-11(3)4/h9-11H,6-8H2,1-5H3,(H,14,15). The Kier molecular flexibility index (Phi) is 4.84. The molecule has 16 heavy (non-hydrogen) atoms. The van der Waals surface area contributed by atoms with Gasteiger partial charge in [0.15, 0.2) is 0 Å². The highest BCUT2D eigenvalue weighted by molar-refractivity contribution is 5.29. The van der Waals surface area contributed by atoms with Gasteiger partial charge in [0.25, 0.3) is 0 Å². The Morgan fingerprint density at radius 1 is 1.31 bits per heavy atom. The fourth-order valence-electron chi connectivity index (χ4n) is 1.76. The van der Waals surface area contributed by atoms with Gasteiger partial charge in [-0.05, 0) is 39.5 Å². The fourth-order valence-corrected chi connectivity index (χ4v) is 1.76. The molecule has 0 aliphatic rings. The van der Waals surface area contributed by atoms with Crippen molar-refractivity contribution in [3.8, 4) is 0 Å².